The SMILES string of the molecule is CN(C)/C=C(/C(=O)c1cc(F)c(F)cc1Cl)S(C)(=O)=O. The minimum absolute atomic E-state index is 0.359. The predicted octanol–water partition coefficient (Wildman–Crippen LogP) is 2.25. The molecular weight excluding hydrogens is 312 g/mol. The van der Waals surface area contributed by atoms with Gasteiger partial charge in [0.25, 0.3) is 0 Å². The number of carbonyl (C=O) groups excluding carboxylic acids is 1. The average molecular weight is 324 g/mol. The van der Waals surface area contributed by atoms with Crippen LogP contribution in [0.5, 0.6) is 0 Å². The van der Waals surface area contributed by atoms with Crippen LogP contribution in [0.2, 0.25) is 5.02 Å². The minimum Gasteiger partial charge on any atom is -0.382 e. The number of Topliss-reactive ketones (excluding diaryl/α,β-unsaturated/α-hetero) is 1. The van der Waals surface area contributed by atoms with Gasteiger partial charge >= 0.3 is 0 Å². The topological polar surface area (TPSA) is 54.5 Å². The summed E-state index contributed by atoms with van der Waals surface area (Å²) >= 11 is 5.66. The molecule has 20 heavy (non-hydrogen) atoms. The van der Waals surface area contributed by atoms with Crippen LogP contribution in [0.15, 0.2) is 23.2 Å². The first-order valence-electron chi connectivity index (χ1n) is 5.31. The molecule has 0 atom stereocenters. The maximum atomic E-state index is 13.2. The van der Waals surface area contributed by atoms with Crippen molar-refractivity contribution in [1.29, 1.82) is 0 Å². The van der Waals surface area contributed by atoms with Gasteiger partial charge in [0.2, 0.25) is 5.78 Å². The van der Waals surface area contributed by atoms with Crippen LogP contribution in [0, 0.1) is 11.6 Å². The Hall–Kier alpha value is -1.47. The maximum absolute atomic E-state index is 13.2. The summed E-state index contributed by atoms with van der Waals surface area (Å²) in [5, 5.41) is -0.359. The third-order valence-electron chi connectivity index (χ3n) is 2.25. The molecule has 4 nitrogen and oxygen atoms in total. The Morgan fingerprint density at radius 3 is 2.20 bits per heavy atom. The monoisotopic (exact) mass is 323 g/mol. The van der Waals surface area contributed by atoms with Crippen molar-refractivity contribution >= 4 is 27.2 Å². The number of hydrogen-bond donors (Lipinski definition) is 0. The summed E-state index contributed by atoms with van der Waals surface area (Å²) in [6.45, 7) is 0. The van der Waals surface area contributed by atoms with Gasteiger partial charge < -0.3 is 4.90 Å². The molecule has 0 aliphatic rings. The fourth-order valence-electron chi connectivity index (χ4n) is 1.39. The molecule has 0 aliphatic heterocycles. The Morgan fingerprint density at radius 2 is 1.75 bits per heavy atom. The first-order chi connectivity index (χ1) is 9.04. The Morgan fingerprint density at radius 1 is 1.25 bits per heavy atom. The van der Waals surface area contributed by atoms with E-state index >= 15 is 0 Å². The van der Waals surface area contributed by atoms with E-state index in [9.17, 15) is 22.0 Å². The number of benzene rings is 1. The lowest BCUT2D eigenvalue weighted by atomic mass is 10.1. The third kappa shape index (κ3) is 3.77. The van der Waals surface area contributed by atoms with Gasteiger partial charge in [-0.25, -0.2) is 17.2 Å². The molecule has 0 heterocycles. The summed E-state index contributed by atoms with van der Waals surface area (Å²) < 4.78 is 49.4. The van der Waals surface area contributed by atoms with Gasteiger partial charge in [0.05, 0.1) is 5.02 Å². The molecule has 110 valence electrons. The molecule has 0 saturated heterocycles. The van der Waals surface area contributed by atoms with Crippen LogP contribution in [0.3, 0.4) is 0 Å². The van der Waals surface area contributed by atoms with Crippen molar-refractivity contribution in [3.8, 4) is 0 Å². The molecule has 0 spiro atoms. The van der Waals surface area contributed by atoms with Crippen LogP contribution >= 0.6 is 11.6 Å². The number of sulfone groups is 1. The summed E-state index contributed by atoms with van der Waals surface area (Å²) in [5.41, 5.74) is -0.413. The fraction of sp³-hybridized carbons (Fsp3) is 0.250. The van der Waals surface area contributed by atoms with Crippen LogP contribution in [0.25, 0.3) is 0 Å². The lowest BCUT2D eigenvalue weighted by Crippen LogP contribution is -2.17. The Balaban J connectivity index is 3.46. The highest BCUT2D eigenvalue weighted by molar-refractivity contribution is 7.95. The summed E-state index contributed by atoms with van der Waals surface area (Å²) in [7, 11) is -0.814. The van der Waals surface area contributed by atoms with Crippen molar-refractivity contribution in [2.75, 3.05) is 20.4 Å². The highest BCUT2D eigenvalue weighted by Gasteiger charge is 2.25. The van der Waals surface area contributed by atoms with E-state index in [-0.39, 0.29) is 5.02 Å². The molecule has 0 bridgehead atoms. The summed E-state index contributed by atoms with van der Waals surface area (Å²) in [6, 6.07) is 1.20. The lowest BCUT2D eigenvalue weighted by molar-refractivity contribution is 0.104. The van der Waals surface area contributed by atoms with E-state index in [2.05, 4.69) is 0 Å². The molecule has 8 heteroatoms. The number of halogens is 3. The highest BCUT2D eigenvalue weighted by atomic mass is 35.5. The Kier molecular flexibility index (Phi) is 4.88. The van der Waals surface area contributed by atoms with E-state index in [1.807, 2.05) is 0 Å². The first kappa shape index (κ1) is 16.6. The van der Waals surface area contributed by atoms with Gasteiger partial charge in [-0.2, -0.15) is 0 Å². The second-order valence-corrected chi connectivity index (χ2v) is 6.70. The van der Waals surface area contributed by atoms with E-state index in [4.69, 9.17) is 11.6 Å². The van der Waals surface area contributed by atoms with Crippen LogP contribution in [-0.4, -0.2) is 39.5 Å². The van der Waals surface area contributed by atoms with Crippen LogP contribution in [0.4, 0.5) is 8.78 Å². The summed E-state index contributed by atoms with van der Waals surface area (Å²) in [5.74, 6) is -3.50. The largest absolute Gasteiger partial charge is 0.382 e. The molecule has 0 amide bonds. The molecule has 0 aliphatic carbocycles. The first-order valence-corrected chi connectivity index (χ1v) is 7.58. The zero-order chi connectivity index (χ0) is 15.7. The summed E-state index contributed by atoms with van der Waals surface area (Å²) in [6.07, 6.45) is 1.92. The van der Waals surface area contributed by atoms with Crippen molar-refractivity contribution < 1.29 is 22.0 Å². The van der Waals surface area contributed by atoms with E-state index in [1.54, 1.807) is 0 Å². The molecule has 0 N–H and O–H groups in total. The lowest BCUT2D eigenvalue weighted by Gasteiger charge is -2.11. The molecule has 1 rings (SSSR count). The van der Waals surface area contributed by atoms with Gasteiger partial charge in [0, 0.05) is 32.1 Å². The minimum atomic E-state index is -3.85. The van der Waals surface area contributed by atoms with Gasteiger partial charge in [0.1, 0.15) is 4.91 Å². The van der Waals surface area contributed by atoms with E-state index in [0.717, 1.165) is 12.5 Å². The van der Waals surface area contributed by atoms with E-state index in [0.29, 0.717) is 12.1 Å². The smallest absolute Gasteiger partial charge is 0.207 e. The van der Waals surface area contributed by atoms with Gasteiger partial charge in [-0.1, -0.05) is 11.6 Å². The standard InChI is InChI=1S/C12H12ClF2NO3S/c1-16(2)6-11(20(3,18)19)12(17)7-4-9(14)10(15)5-8(7)13/h4-6H,1-3H3/b11-6-. The molecule has 0 unspecified atom stereocenters. The van der Waals surface area contributed by atoms with Crippen LogP contribution < -0.4 is 0 Å². The number of rotatable bonds is 4. The number of nitrogens with zero attached hydrogens (tertiary/aromatic N) is 1. The molecule has 0 saturated carbocycles. The molecule has 0 radical (unpaired) electrons. The van der Waals surface area contributed by atoms with Gasteiger partial charge in [-0.3, -0.25) is 4.79 Å². The number of carbonyl (C=O) groups is 1. The Bertz CT molecular complexity index is 684. The van der Waals surface area contributed by atoms with Crippen molar-refractivity contribution in [3.05, 3.63) is 45.5 Å². The number of allylic oxidation sites excluding steroid dienone is 1. The maximum Gasteiger partial charge on any atom is 0.207 e. The molecule has 1 aromatic rings. The van der Waals surface area contributed by atoms with Crippen molar-refractivity contribution in [2.24, 2.45) is 0 Å². The normalized spacial score (nSPS) is 12.4. The average Bonchev–Trinajstić information content (AvgIpc) is 2.28. The fourth-order valence-corrected chi connectivity index (χ4v) is 2.47. The molecule has 1 aromatic carbocycles. The zero-order valence-corrected chi connectivity index (χ0v) is 12.5. The second-order valence-electron chi connectivity index (χ2n) is 4.30. The van der Waals surface area contributed by atoms with Crippen LogP contribution in [0.1, 0.15) is 10.4 Å². The third-order valence-corrected chi connectivity index (χ3v) is 3.66. The van der Waals surface area contributed by atoms with Crippen molar-refractivity contribution in [1.82, 2.24) is 4.90 Å². The molecule has 0 fully saturated rings. The van der Waals surface area contributed by atoms with Crippen LogP contribution in [-0.2, 0) is 9.84 Å². The molecule has 0 aromatic heterocycles. The van der Waals surface area contributed by atoms with Gasteiger partial charge in [-0.15, -0.1) is 0 Å². The van der Waals surface area contributed by atoms with Gasteiger partial charge in [0.15, 0.2) is 21.5 Å². The van der Waals surface area contributed by atoms with E-state index < -0.39 is 37.7 Å². The van der Waals surface area contributed by atoms with Crippen molar-refractivity contribution in [2.45, 2.75) is 0 Å². The van der Waals surface area contributed by atoms with Gasteiger partial charge in [-0.05, 0) is 12.1 Å². The number of ketones is 1. The second kappa shape index (κ2) is 5.88. The van der Waals surface area contributed by atoms with Crippen molar-refractivity contribution in [3.63, 3.8) is 0 Å². The quantitative estimate of drug-likeness (QED) is 0.484. The zero-order valence-electron chi connectivity index (χ0n) is 10.9. The van der Waals surface area contributed by atoms with E-state index in [1.165, 1.54) is 19.0 Å². The predicted molar refractivity (Wildman–Crippen MR) is 72.3 cm³/mol. The summed E-state index contributed by atoms with van der Waals surface area (Å²) in [4.78, 5) is 13.0. The number of hydrogen-bond acceptors (Lipinski definition) is 4. The molecular formula is C12H12ClF2NO3S. The Labute approximate surface area is 120 Å². The highest BCUT2D eigenvalue weighted by Crippen LogP contribution is 2.24.